The summed E-state index contributed by atoms with van der Waals surface area (Å²) in [6.45, 7) is 4.79. The van der Waals surface area contributed by atoms with E-state index in [4.69, 9.17) is 9.47 Å². The Morgan fingerprint density at radius 2 is 1.93 bits per heavy atom. The van der Waals surface area contributed by atoms with E-state index >= 15 is 0 Å². The molecule has 3 amide bonds. The van der Waals surface area contributed by atoms with E-state index in [0.717, 1.165) is 24.8 Å². The van der Waals surface area contributed by atoms with Crippen LogP contribution in [-0.4, -0.2) is 73.7 Å². The Hall–Kier alpha value is -2.61. The molecular formula is C21H29N3O5. The van der Waals surface area contributed by atoms with Gasteiger partial charge in [-0.2, -0.15) is 0 Å². The van der Waals surface area contributed by atoms with Crippen molar-refractivity contribution in [2.75, 3.05) is 45.3 Å². The van der Waals surface area contributed by atoms with Crippen LogP contribution in [-0.2, 0) is 14.3 Å². The maximum Gasteiger partial charge on any atom is 0.410 e. The second-order valence-corrected chi connectivity index (χ2v) is 7.45. The van der Waals surface area contributed by atoms with Crippen LogP contribution < -0.4 is 5.32 Å². The summed E-state index contributed by atoms with van der Waals surface area (Å²) in [5, 5.41) is 2.92. The second kappa shape index (κ2) is 9.73. The van der Waals surface area contributed by atoms with Gasteiger partial charge in [-0.25, -0.2) is 4.79 Å². The predicted octanol–water partition coefficient (Wildman–Crippen LogP) is 2.42. The topological polar surface area (TPSA) is 88.2 Å². The number of methoxy groups -OCH3 is 1. The van der Waals surface area contributed by atoms with Gasteiger partial charge in [-0.15, -0.1) is 0 Å². The lowest BCUT2D eigenvalue weighted by molar-refractivity contribution is -0.121. The van der Waals surface area contributed by atoms with Crippen LogP contribution in [0.3, 0.4) is 0 Å². The minimum absolute atomic E-state index is 0.0696. The number of rotatable bonds is 3. The number of hydrogen-bond acceptors (Lipinski definition) is 5. The Morgan fingerprint density at radius 1 is 1.10 bits per heavy atom. The Kier molecular flexibility index (Phi) is 7.09. The Labute approximate surface area is 171 Å². The quantitative estimate of drug-likeness (QED) is 0.837. The van der Waals surface area contributed by atoms with E-state index in [0.29, 0.717) is 50.5 Å². The molecule has 1 atom stereocenters. The minimum atomic E-state index is -0.572. The molecule has 0 aliphatic carbocycles. The third-order valence-corrected chi connectivity index (χ3v) is 5.47. The maximum absolute atomic E-state index is 12.9. The van der Waals surface area contributed by atoms with Gasteiger partial charge in [-0.3, -0.25) is 14.5 Å². The lowest BCUT2D eigenvalue weighted by Crippen LogP contribution is -2.50. The summed E-state index contributed by atoms with van der Waals surface area (Å²) in [4.78, 5) is 41.0. The summed E-state index contributed by atoms with van der Waals surface area (Å²) >= 11 is 0. The molecule has 1 aromatic rings. The zero-order valence-electron chi connectivity index (χ0n) is 17.1. The predicted molar refractivity (Wildman–Crippen MR) is 108 cm³/mol. The zero-order chi connectivity index (χ0) is 20.8. The van der Waals surface area contributed by atoms with E-state index in [-0.39, 0.29) is 11.8 Å². The van der Waals surface area contributed by atoms with Crippen molar-refractivity contribution in [3.05, 3.63) is 29.3 Å². The number of carbonyl (C=O) groups excluding carboxylic acids is 3. The number of benzene rings is 1. The van der Waals surface area contributed by atoms with Gasteiger partial charge in [0, 0.05) is 37.5 Å². The Bertz CT molecular complexity index is 759. The van der Waals surface area contributed by atoms with Crippen molar-refractivity contribution in [1.29, 1.82) is 0 Å². The first kappa shape index (κ1) is 21.1. The SMILES string of the molecule is COC(=O)N1CCCCC1C(=O)Nc1cc(C(=O)N2CCCOCC2)ccc1C. The molecular weight excluding hydrogens is 374 g/mol. The molecule has 158 valence electrons. The highest BCUT2D eigenvalue weighted by molar-refractivity contribution is 6.00. The van der Waals surface area contributed by atoms with Crippen LogP contribution >= 0.6 is 0 Å². The minimum Gasteiger partial charge on any atom is -0.453 e. The number of nitrogens with zero attached hydrogens (tertiary/aromatic N) is 2. The summed E-state index contributed by atoms with van der Waals surface area (Å²) in [5.74, 6) is -0.328. The highest BCUT2D eigenvalue weighted by Crippen LogP contribution is 2.23. The second-order valence-electron chi connectivity index (χ2n) is 7.45. The van der Waals surface area contributed by atoms with E-state index in [1.165, 1.54) is 12.0 Å². The fourth-order valence-electron chi connectivity index (χ4n) is 3.78. The number of nitrogens with one attached hydrogen (secondary N) is 1. The molecule has 3 rings (SSSR count). The van der Waals surface area contributed by atoms with Crippen LogP contribution in [0.15, 0.2) is 18.2 Å². The summed E-state index contributed by atoms with van der Waals surface area (Å²) in [6, 6.07) is 4.75. The van der Waals surface area contributed by atoms with Crippen molar-refractivity contribution in [1.82, 2.24) is 9.80 Å². The van der Waals surface area contributed by atoms with Gasteiger partial charge in [-0.1, -0.05) is 6.07 Å². The van der Waals surface area contributed by atoms with Gasteiger partial charge in [0.05, 0.1) is 13.7 Å². The highest BCUT2D eigenvalue weighted by Gasteiger charge is 2.33. The van der Waals surface area contributed by atoms with E-state index in [9.17, 15) is 14.4 Å². The molecule has 2 aliphatic heterocycles. The molecule has 2 saturated heterocycles. The van der Waals surface area contributed by atoms with Crippen LogP contribution in [0.5, 0.6) is 0 Å². The first-order valence-electron chi connectivity index (χ1n) is 10.1. The zero-order valence-corrected chi connectivity index (χ0v) is 17.1. The van der Waals surface area contributed by atoms with E-state index < -0.39 is 12.1 Å². The molecule has 0 aromatic heterocycles. The van der Waals surface area contributed by atoms with Crippen LogP contribution in [0.2, 0.25) is 0 Å². The number of hydrogen-bond donors (Lipinski definition) is 1. The molecule has 2 heterocycles. The smallest absolute Gasteiger partial charge is 0.410 e. The van der Waals surface area contributed by atoms with Crippen LogP contribution in [0.4, 0.5) is 10.5 Å². The first-order valence-corrected chi connectivity index (χ1v) is 10.1. The van der Waals surface area contributed by atoms with E-state index in [1.54, 1.807) is 17.0 Å². The number of ether oxygens (including phenoxy) is 2. The summed E-state index contributed by atoms with van der Waals surface area (Å²) < 4.78 is 10.2. The molecule has 0 spiro atoms. The van der Waals surface area contributed by atoms with Gasteiger partial charge in [0.1, 0.15) is 6.04 Å². The van der Waals surface area contributed by atoms with E-state index in [1.807, 2.05) is 13.0 Å². The summed E-state index contributed by atoms with van der Waals surface area (Å²) in [6.07, 6.45) is 2.63. The third kappa shape index (κ3) is 5.06. The van der Waals surface area contributed by atoms with Crippen molar-refractivity contribution >= 4 is 23.6 Å². The fraction of sp³-hybridized carbons (Fsp3) is 0.571. The molecule has 29 heavy (non-hydrogen) atoms. The maximum atomic E-state index is 12.9. The van der Waals surface area contributed by atoms with Gasteiger partial charge in [-0.05, 0) is 50.3 Å². The number of likely N-dealkylation sites (tertiary alicyclic amines) is 1. The van der Waals surface area contributed by atoms with Gasteiger partial charge in [0.2, 0.25) is 5.91 Å². The average molecular weight is 403 g/mol. The third-order valence-electron chi connectivity index (χ3n) is 5.47. The number of anilines is 1. The molecule has 8 heteroatoms. The number of piperidine rings is 1. The lowest BCUT2D eigenvalue weighted by atomic mass is 10.0. The lowest BCUT2D eigenvalue weighted by Gasteiger charge is -2.33. The largest absolute Gasteiger partial charge is 0.453 e. The number of carbonyl (C=O) groups is 3. The van der Waals surface area contributed by atoms with Crippen molar-refractivity contribution in [2.24, 2.45) is 0 Å². The molecule has 1 N–H and O–H groups in total. The summed E-state index contributed by atoms with van der Waals surface area (Å²) in [5.41, 5.74) is 1.97. The molecule has 1 aromatic carbocycles. The van der Waals surface area contributed by atoms with Crippen molar-refractivity contribution in [3.63, 3.8) is 0 Å². The molecule has 2 aliphatic rings. The molecule has 2 fully saturated rings. The first-order chi connectivity index (χ1) is 14.0. The van der Waals surface area contributed by atoms with Gasteiger partial charge >= 0.3 is 6.09 Å². The normalized spacial score (nSPS) is 20.0. The van der Waals surface area contributed by atoms with Crippen LogP contribution in [0.1, 0.15) is 41.6 Å². The van der Waals surface area contributed by atoms with Crippen LogP contribution in [0.25, 0.3) is 0 Å². The summed E-state index contributed by atoms with van der Waals surface area (Å²) in [7, 11) is 1.32. The highest BCUT2D eigenvalue weighted by atomic mass is 16.5. The Morgan fingerprint density at radius 3 is 2.72 bits per heavy atom. The standard InChI is InChI=1S/C21H29N3O5/c1-15-7-8-16(20(26)23-9-5-12-29-13-11-23)14-17(15)22-19(25)18-6-3-4-10-24(18)21(27)28-2/h7-8,14,18H,3-6,9-13H2,1-2H3,(H,22,25). The van der Waals surface area contributed by atoms with Crippen molar-refractivity contribution < 1.29 is 23.9 Å². The Balaban J connectivity index is 1.74. The monoisotopic (exact) mass is 403 g/mol. The average Bonchev–Trinajstić information content (AvgIpc) is 3.03. The van der Waals surface area contributed by atoms with Gasteiger partial charge in [0.15, 0.2) is 0 Å². The number of aryl methyl sites for hydroxylation is 1. The van der Waals surface area contributed by atoms with Gasteiger partial charge in [0.25, 0.3) is 5.91 Å². The molecule has 0 bridgehead atoms. The van der Waals surface area contributed by atoms with Gasteiger partial charge < -0.3 is 19.7 Å². The van der Waals surface area contributed by atoms with Crippen molar-refractivity contribution in [2.45, 2.75) is 38.6 Å². The van der Waals surface area contributed by atoms with E-state index in [2.05, 4.69) is 5.32 Å². The molecule has 1 unspecified atom stereocenters. The van der Waals surface area contributed by atoms with Crippen molar-refractivity contribution in [3.8, 4) is 0 Å². The fourth-order valence-corrected chi connectivity index (χ4v) is 3.78. The van der Waals surface area contributed by atoms with Crippen LogP contribution in [0, 0.1) is 6.92 Å². The molecule has 0 saturated carbocycles. The molecule has 0 radical (unpaired) electrons. The molecule has 8 nitrogen and oxygen atoms in total. The number of amides is 3.